The van der Waals surface area contributed by atoms with Crippen LogP contribution in [0.2, 0.25) is 0 Å². The second kappa shape index (κ2) is 8.05. The van der Waals surface area contributed by atoms with Crippen LogP contribution >= 0.6 is 0 Å². The Bertz CT molecular complexity index is 932. The number of piperidine rings is 1. The van der Waals surface area contributed by atoms with Crippen molar-refractivity contribution in [3.8, 4) is 0 Å². The Morgan fingerprint density at radius 3 is 2.61 bits per heavy atom. The number of halogens is 1. The lowest BCUT2D eigenvalue weighted by Gasteiger charge is -2.34. The molecule has 2 aliphatic heterocycles. The average molecular weight is 405 g/mol. The molecule has 2 aromatic rings. The summed E-state index contributed by atoms with van der Waals surface area (Å²) in [5.74, 6) is -0.317. The zero-order chi connectivity index (χ0) is 19.6. The third kappa shape index (κ3) is 3.98. The van der Waals surface area contributed by atoms with Crippen LogP contribution < -0.4 is 9.80 Å². The number of hydrogen-bond acceptors (Lipinski definition) is 6. The molecule has 0 aliphatic carbocycles. The molecule has 1 atom stereocenters. The van der Waals surface area contributed by atoms with Gasteiger partial charge in [0.1, 0.15) is 5.82 Å². The van der Waals surface area contributed by atoms with Gasteiger partial charge in [-0.3, -0.25) is 0 Å². The highest BCUT2D eigenvalue weighted by molar-refractivity contribution is 7.92. The number of anilines is 2. The van der Waals surface area contributed by atoms with E-state index in [4.69, 9.17) is 4.74 Å². The fourth-order valence-corrected chi connectivity index (χ4v) is 5.53. The van der Waals surface area contributed by atoms with Gasteiger partial charge in [-0.1, -0.05) is 6.07 Å². The van der Waals surface area contributed by atoms with E-state index >= 15 is 0 Å². The van der Waals surface area contributed by atoms with Crippen LogP contribution in [0.15, 0.2) is 47.6 Å². The fourth-order valence-electron chi connectivity index (χ4n) is 3.84. The number of ether oxygens (including phenoxy) is 1. The Labute approximate surface area is 164 Å². The number of hydrogen-bond donors (Lipinski definition) is 0. The van der Waals surface area contributed by atoms with Gasteiger partial charge in [0.05, 0.1) is 18.5 Å². The number of rotatable bonds is 4. The predicted molar refractivity (Wildman–Crippen MR) is 106 cm³/mol. The van der Waals surface area contributed by atoms with Crippen molar-refractivity contribution in [1.82, 2.24) is 4.98 Å². The molecule has 150 valence electrons. The van der Waals surface area contributed by atoms with Crippen molar-refractivity contribution in [2.24, 2.45) is 0 Å². The van der Waals surface area contributed by atoms with Crippen molar-refractivity contribution in [3.63, 3.8) is 0 Å². The lowest BCUT2D eigenvalue weighted by atomic mass is 10.1. The molecule has 0 N–H and O–H groups in total. The van der Waals surface area contributed by atoms with Crippen molar-refractivity contribution in [2.45, 2.75) is 23.1 Å². The average Bonchev–Trinajstić information content (AvgIpc) is 2.74. The van der Waals surface area contributed by atoms with Gasteiger partial charge in [0.25, 0.3) is 0 Å². The van der Waals surface area contributed by atoms with Crippen molar-refractivity contribution in [1.29, 1.82) is 0 Å². The summed E-state index contributed by atoms with van der Waals surface area (Å²) in [4.78, 5) is 8.23. The van der Waals surface area contributed by atoms with Gasteiger partial charge in [0.15, 0.2) is 14.9 Å². The maximum atomic E-state index is 13.6. The molecule has 3 heterocycles. The van der Waals surface area contributed by atoms with Gasteiger partial charge in [0, 0.05) is 43.8 Å². The molecule has 0 saturated carbocycles. The van der Waals surface area contributed by atoms with Crippen molar-refractivity contribution in [2.75, 3.05) is 49.2 Å². The van der Waals surface area contributed by atoms with E-state index in [0.717, 1.165) is 37.4 Å². The molecule has 0 spiro atoms. The molecular weight excluding hydrogens is 381 g/mol. The van der Waals surface area contributed by atoms with Crippen molar-refractivity contribution < 1.29 is 17.5 Å². The molecule has 2 saturated heterocycles. The van der Waals surface area contributed by atoms with Gasteiger partial charge >= 0.3 is 0 Å². The van der Waals surface area contributed by atoms with Gasteiger partial charge in [-0.25, -0.2) is 17.8 Å². The van der Waals surface area contributed by atoms with Crippen LogP contribution in [0.25, 0.3) is 0 Å². The van der Waals surface area contributed by atoms with Crippen LogP contribution in [-0.4, -0.2) is 58.0 Å². The second-order valence-corrected chi connectivity index (χ2v) is 9.36. The monoisotopic (exact) mass is 405 g/mol. The SMILES string of the molecule is O=S(=O)(c1cc(N2CCOCC2)ccn1)C1CCCN(c2cccc(F)c2)C1. The summed E-state index contributed by atoms with van der Waals surface area (Å²) in [6.45, 7) is 3.80. The van der Waals surface area contributed by atoms with Crippen molar-refractivity contribution in [3.05, 3.63) is 48.4 Å². The Hall–Kier alpha value is -2.19. The summed E-state index contributed by atoms with van der Waals surface area (Å²) in [7, 11) is -3.58. The summed E-state index contributed by atoms with van der Waals surface area (Å²) in [5.41, 5.74) is 1.57. The molecule has 0 amide bonds. The Balaban J connectivity index is 1.56. The normalized spacial score (nSPS) is 21.0. The number of morpholine rings is 1. The molecule has 28 heavy (non-hydrogen) atoms. The van der Waals surface area contributed by atoms with E-state index < -0.39 is 15.1 Å². The lowest BCUT2D eigenvalue weighted by molar-refractivity contribution is 0.122. The molecule has 1 aromatic carbocycles. The predicted octanol–water partition coefficient (Wildman–Crippen LogP) is 2.50. The van der Waals surface area contributed by atoms with Gasteiger partial charge in [-0.15, -0.1) is 0 Å². The third-order valence-corrected chi connectivity index (χ3v) is 7.45. The van der Waals surface area contributed by atoms with Crippen LogP contribution in [0.5, 0.6) is 0 Å². The highest BCUT2D eigenvalue weighted by atomic mass is 32.2. The van der Waals surface area contributed by atoms with Gasteiger partial charge in [-0.2, -0.15) is 0 Å². The molecular formula is C20H24FN3O3S. The molecule has 2 fully saturated rings. The summed E-state index contributed by atoms with van der Waals surface area (Å²) in [5, 5.41) is -0.445. The van der Waals surface area contributed by atoms with Crippen molar-refractivity contribution >= 4 is 21.2 Å². The second-order valence-electron chi connectivity index (χ2n) is 7.19. The summed E-state index contributed by atoms with van der Waals surface area (Å²) >= 11 is 0. The van der Waals surface area contributed by atoms with Crippen LogP contribution in [-0.2, 0) is 14.6 Å². The molecule has 4 rings (SSSR count). The number of nitrogens with zero attached hydrogens (tertiary/aromatic N) is 3. The molecule has 1 unspecified atom stereocenters. The Kier molecular flexibility index (Phi) is 5.50. The molecule has 2 aliphatic rings. The molecule has 8 heteroatoms. The number of benzene rings is 1. The highest BCUT2D eigenvalue weighted by Crippen LogP contribution is 2.28. The van der Waals surface area contributed by atoms with E-state index in [0.29, 0.717) is 26.2 Å². The van der Waals surface area contributed by atoms with E-state index in [1.807, 2.05) is 17.0 Å². The van der Waals surface area contributed by atoms with Gasteiger partial charge in [0.2, 0.25) is 0 Å². The van der Waals surface area contributed by atoms with Crippen LogP contribution in [0.3, 0.4) is 0 Å². The van der Waals surface area contributed by atoms with E-state index in [-0.39, 0.29) is 10.8 Å². The zero-order valence-corrected chi connectivity index (χ0v) is 16.4. The topological polar surface area (TPSA) is 62.7 Å². The molecule has 0 bridgehead atoms. The van der Waals surface area contributed by atoms with E-state index in [2.05, 4.69) is 9.88 Å². The first kappa shape index (κ1) is 19.1. The summed E-state index contributed by atoms with van der Waals surface area (Å²) in [6.07, 6.45) is 2.88. The largest absolute Gasteiger partial charge is 0.378 e. The Morgan fingerprint density at radius 2 is 1.82 bits per heavy atom. The van der Waals surface area contributed by atoms with E-state index in [1.165, 1.54) is 12.1 Å². The maximum absolute atomic E-state index is 13.6. The number of aromatic nitrogens is 1. The van der Waals surface area contributed by atoms with Gasteiger partial charge < -0.3 is 14.5 Å². The number of sulfone groups is 1. The van der Waals surface area contributed by atoms with Gasteiger partial charge in [-0.05, 0) is 43.2 Å². The third-order valence-electron chi connectivity index (χ3n) is 5.38. The quantitative estimate of drug-likeness (QED) is 0.779. The summed E-state index contributed by atoms with van der Waals surface area (Å²) < 4.78 is 45.5. The standard InChI is InChI=1S/C20H24FN3O3S/c21-16-3-1-4-17(13-16)24-8-2-5-19(15-24)28(25,26)20-14-18(6-7-22-20)23-9-11-27-12-10-23/h1,3-4,6-7,13-14,19H,2,5,8-12,15H2. The fraction of sp³-hybridized carbons (Fsp3) is 0.450. The first-order valence-electron chi connectivity index (χ1n) is 9.57. The highest BCUT2D eigenvalue weighted by Gasteiger charge is 2.33. The molecule has 0 radical (unpaired) electrons. The molecule has 6 nitrogen and oxygen atoms in total. The number of pyridine rings is 1. The van der Waals surface area contributed by atoms with Crippen LogP contribution in [0, 0.1) is 5.82 Å². The van der Waals surface area contributed by atoms with E-state index in [1.54, 1.807) is 18.3 Å². The minimum atomic E-state index is -3.58. The minimum absolute atomic E-state index is 0.114. The maximum Gasteiger partial charge on any atom is 0.200 e. The van der Waals surface area contributed by atoms with E-state index in [9.17, 15) is 12.8 Å². The minimum Gasteiger partial charge on any atom is -0.378 e. The lowest BCUT2D eigenvalue weighted by Crippen LogP contribution is -2.42. The first-order valence-corrected chi connectivity index (χ1v) is 11.1. The van der Waals surface area contributed by atoms with Crippen LogP contribution in [0.1, 0.15) is 12.8 Å². The molecule has 1 aromatic heterocycles. The van der Waals surface area contributed by atoms with Crippen LogP contribution in [0.4, 0.5) is 15.8 Å². The smallest absolute Gasteiger partial charge is 0.200 e. The Morgan fingerprint density at radius 1 is 1.04 bits per heavy atom. The first-order chi connectivity index (χ1) is 13.5. The zero-order valence-electron chi connectivity index (χ0n) is 15.6. The summed E-state index contributed by atoms with van der Waals surface area (Å²) in [6, 6.07) is 9.81.